The molecule has 1 rings (SSSR count). The topological polar surface area (TPSA) is 41.1 Å². The third-order valence-electron chi connectivity index (χ3n) is 1.56. The Morgan fingerprint density at radius 1 is 1.89 bits per heavy atom. The minimum absolute atomic E-state index is 0.0787. The average molecular weight is 128 g/mol. The zero-order chi connectivity index (χ0) is 6.69. The van der Waals surface area contributed by atoms with Crippen LogP contribution in [0.2, 0.25) is 0 Å². The average Bonchev–Trinajstić information content (AvgIpc) is 2.18. The van der Waals surface area contributed by atoms with Crippen molar-refractivity contribution < 1.29 is 4.79 Å². The zero-order valence-electron chi connectivity index (χ0n) is 5.61. The molecule has 2 N–H and O–H groups in total. The predicted molar refractivity (Wildman–Crippen MR) is 35.3 cm³/mol. The molecule has 9 heavy (non-hydrogen) atoms. The van der Waals surface area contributed by atoms with Crippen molar-refractivity contribution in [3.63, 3.8) is 0 Å². The van der Waals surface area contributed by atoms with E-state index in [1.165, 1.54) is 0 Å². The van der Waals surface area contributed by atoms with E-state index in [4.69, 9.17) is 0 Å². The predicted octanol–water partition coefficient (Wildman–Crippen LogP) is -0.863. The minimum Gasteiger partial charge on any atom is -0.318 e. The molecule has 0 amide bonds. The standard InChI is InChI=1S/C6H12N2O/c1-7-4-5-6(9)2-3-8-5/h5,7-8H,2-4H2,1H3. The highest BCUT2D eigenvalue weighted by atomic mass is 16.1. The SMILES string of the molecule is CNCC1NCCC1=O. The van der Waals surface area contributed by atoms with Gasteiger partial charge in [0.1, 0.15) is 0 Å². The van der Waals surface area contributed by atoms with Crippen LogP contribution in [0.4, 0.5) is 0 Å². The maximum absolute atomic E-state index is 10.9. The molecule has 3 nitrogen and oxygen atoms in total. The molecule has 0 aromatic heterocycles. The normalized spacial score (nSPS) is 27.2. The van der Waals surface area contributed by atoms with Gasteiger partial charge >= 0.3 is 0 Å². The van der Waals surface area contributed by atoms with Crippen molar-refractivity contribution in [2.75, 3.05) is 20.1 Å². The molecule has 0 spiro atoms. The van der Waals surface area contributed by atoms with Crippen LogP contribution in [0.5, 0.6) is 0 Å². The van der Waals surface area contributed by atoms with Gasteiger partial charge in [-0.25, -0.2) is 0 Å². The van der Waals surface area contributed by atoms with Crippen molar-refractivity contribution in [2.45, 2.75) is 12.5 Å². The van der Waals surface area contributed by atoms with Crippen LogP contribution in [0.25, 0.3) is 0 Å². The molecule has 0 bridgehead atoms. The second kappa shape index (κ2) is 2.94. The van der Waals surface area contributed by atoms with Crippen molar-refractivity contribution in [3.05, 3.63) is 0 Å². The highest BCUT2D eigenvalue weighted by Gasteiger charge is 2.21. The molecule has 0 radical (unpaired) electrons. The van der Waals surface area contributed by atoms with Gasteiger partial charge in [0.05, 0.1) is 6.04 Å². The van der Waals surface area contributed by atoms with E-state index in [-0.39, 0.29) is 6.04 Å². The first-order chi connectivity index (χ1) is 4.34. The molecule has 0 aromatic carbocycles. The lowest BCUT2D eigenvalue weighted by Gasteiger charge is -2.05. The van der Waals surface area contributed by atoms with E-state index in [2.05, 4.69) is 10.6 Å². The maximum atomic E-state index is 10.9. The van der Waals surface area contributed by atoms with Crippen LogP contribution in [0, 0.1) is 0 Å². The third kappa shape index (κ3) is 1.50. The maximum Gasteiger partial charge on any atom is 0.152 e. The first-order valence-corrected chi connectivity index (χ1v) is 3.25. The number of Topliss-reactive ketones (excluding diaryl/α,β-unsaturated/α-hetero) is 1. The molecule has 52 valence electrons. The van der Waals surface area contributed by atoms with Gasteiger partial charge < -0.3 is 10.6 Å². The number of likely N-dealkylation sites (N-methyl/N-ethyl adjacent to an activating group) is 1. The van der Waals surface area contributed by atoms with Crippen molar-refractivity contribution in [1.82, 2.24) is 10.6 Å². The summed E-state index contributed by atoms with van der Waals surface area (Å²) < 4.78 is 0. The molecular weight excluding hydrogens is 116 g/mol. The fraction of sp³-hybridized carbons (Fsp3) is 0.833. The summed E-state index contributed by atoms with van der Waals surface area (Å²) >= 11 is 0. The van der Waals surface area contributed by atoms with E-state index in [9.17, 15) is 4.79 Å². The largest absolute Gasteiger partial charge is 0.318 e. The summed E-state index contributed by atoms with van der Waals surface area (Å²) in [6, 6.07) is 0.0787. The van der Waals surface area contributed by atoms with E-state index in [1.54, 1.807) is 0 Å². The Hall–Kier alpha value is -0.410. The van der Waals surface area contributed by atoms with Gasteiger partial charge in [0, 0.05) is 19.5 Å². The summed E-state index contributed by atoms with van der Waals surface area (Å²) in [5, 5.41) is 6.05. The van der Waals surface area contributed by atoms with Crippen LogP contribution in [0.1, 0.15) is 6.42 Å². The molecular formula is C6H12N2O. The van der Waals surface area contributed by atoms with Crippen LogP contribution in [0.15, 0.2) is 0 Å². The highest BCUT2D eigenvalue weighted by Crippen LogP contribution is 1.97. The second-order valence-corrected chi connectivity index (χ2v) is 2.28. The number of hydrogen-bond donors (Lipinski definition) is 2. The molecule has 1 fully saturated rings. The highest BCUT2D eigenvalue weighted by molar-refractivity contribution is 5.86. The quantitative estimate of drug-likeness (QED) is 0.508. The molecule has 1 heterocycles. The van der Waals surface area contributed by atoms with Crippen LogP contribution < -0.4 is 10.6 Å². The van der Waals surface area contributed by atoms with Crippen LogP contribution in [-0.4, -0.2) is 32.0 Å². The van der Waals surface area contributed by atoms with Gasteiger partial charge in [0.15, 0.2) is 5.78 Å². The first-order valence-electron chi connectivity index (χ1n) is 3.25. The number of carbonyl (C=O) groups excluding carboxylic acids is 1. The van der Waals surface area contributed by atoms with Crippen LogP contribution >= 0.6 is 0 Å². The summed E-state index contributed by atoms with van der Waals surface area (Å²) in [5.41, 5.74) is 0. The molecule has 1 aliphatic rings. The lowest BCUT2D eigenvalue weighted by Crippen LogP contribution is -2.36. The number of nitrogens with one attached hydrogen (secondary N) is 2. The third-order valence-corrected chi connectivity index (χ3v) is 1.56. The molecule has 0 saturated carbocycles. The van der Waals surface area contributed by atoms with Gasteiger partial charge in [-0.3, -0.25) is 4.79 Å². The van der Waals surface area contributed by atoms with Gasteiger partial charge in [-0.1, -0.05) is 0 Å². The Bertz CT molecular complexity index is 114. The number of rotatable bonds is 2. The second-order valence-electron chi connectivity index (χ2n) is 2.28. The molecule has 0 aliphatic carbocycles. The minimum atomic E-state index is 0.0787. The Labute approximate surface area is 54.8 Å². The summed E-state index contributed by atoms with van der Waals surface area (Å²) in [4.78, 5) is 10.9. The van der Waals surface area contributed by atoms with Gasteiger partial charge in [-0.2, -0.15) is 0 Å². The van der Waals surface area contributed by atoms with Crippen LogP contribution in [0.3, 0.4) is 0 Å². The van der Waals surface area contributed by atoms with Crippen LogP contribution in [-0.2, 0) is 4.79 Å². The smallest absolute Gasteiger partial charge is 0.152 e. The van der Waals surface area contributed by atoms with Crippen molar-refractivity contribution in [1.29, 1.82) is 0 Å². The Kier molecular flexibility index (Phi) is 2.19. The molecule has 0 aromatic rings. The molecule has 1 atom stereocenters. The molecule has 1 unspecified atom stereocenters. The molecule has 1 saturated heterocycles. The number of ketones is 1. The summed E-state index contributed by atoms with van der Waals surface area (Å²) in [7, 11) is 1.85. The molecule has 3 heteroatoms. The monoisotopic (exact) mass is 128 g/mol. The van der Waals surface area contributed by atoms with E-state index >= 15 is 0 Å². The fourth-order valence-corrected chi connectivity index (χ4v) is 1.05. The Morgan fingerprint density at radius 2 is 2.67 bits per heavy atom. The van der Waals surface area contributed by atoms with Gasteiger partial charge in [-0.05, 0) is 7.05 Å². The van der Waals surface area contributed by atoms with Crippen molar-refractivity contribution in [2.24, 2.45) is 0 Å². The summed E-state index contributed by atoms with van der Waals surface area (Å²) in [6.45, 7) is 1.62. The lowest BCUT2D eigenvalue weighted by atomic mass is 10.2. The van der Waals surface area contributed by atoms with E-state index < -0.39 is 0 Å². The number of hydrogen-bond acceptors (Lipinski definition) is 3. The summed E-state index contributed by atoms with van der Waals surface area (Å²) in [6.07, 6.45) is 0.701. The first kappa shape index (κ1) is 6.71. The fourth-order valence-electron chi connectivity index (χ4n) is 1.05. The Morgan fingerprint density at radius 3 is 3.11 bits per heavy atom. The van der Waals surface area contributed by atoms with Gasteiger partial charge in [-0.15, -0.1) is 0 Å². The van der Waals surface area contributed by atoms with Crippen molar-refractivity contribution in [3.8, 4) is 0 Å². The van der Waals surface area contributed by atoms with E-state index in [0.29, 0.717) is 12.2 Å². The van der Waals surface area contributed by atoms with Gasteiger partial charge in [0.2, 0.25) is 0 Å². The van der Waals surface area contributed by atoms with E-state index in [1.807, 2.05) is 7.05 Å². The van der Waals surface area contributed by atoms with Gasteiger partial charge in [0.25, 0.3) is 0 Å². The zero-order valence-corrected chi connectivity index (χ0v) is 5.61. The molecule has 1 aliphatic heterocycles. The van der Waals surface area contributed by atoms with E-state index in [0.717, 1.165) is 13.1 Å². The van der Waals surface area contributed by atoms with Crippen molar-refractivity contribution >= 4 is 5.78 Å². The number of carbonyl (C=O) groups is 1. The summed E-state index contributed by atoms with van der Waals surface area (Å²) in [5.74, 6) is 0.337. The lowest BCUT2D eigenvalue weighted by molar-refractivity contribution is -0.118. The Balaban J connectivity index is 2.31.